The third-order valence-corrected chi connectivity index (χ3v) is 5.08. The minimum absolute atomic E-state index is 0.0236. The quantitative estimate of drug-likeness (QED) is 0.800. The summed E-state index contributed by atoms with van der Waals surface area (Å²) in [7, 11) is -0.0126. The van der Waals surface area contributed by atoms with Crippen LogP contribution < -0.4 is 5.32 Å². The lowest BCUT2D eigenvalue weighted by Crippen LogP contribution is -2.33. The van der Waals surface area contributed by atoms with E-state index in [4.69, 9.17) is 4.74 Å². The second-order valence-electron chi connectivity index (χ2n) is 4.81. The monoisotopic (exact) mass is 287 g/mol. The smallest absolute Gasteiger partial charge is 0.244 e. The Hall–Kier alpha value is -0.890. The van der Waals surface area contributed by atoms with Crippen LogP contribution in [-0.2, 0) is 21.3 Å². The first-order chi connectivity index (χ1) is 9.04. The maximum Gasteiger partial charge on any atom is 0.244 e. The Kier molecular flexibility index (Phi) is 4.62. The van der Waals surface area contributed by atoms with Crippen molar-refractivity contribution in [3.63, 3.8) is 0 Å². The fourth-order valence-corrected chi connectivity index (χ4v) is 3.43. The zero-order valence-corrected chi connectivity index (χ0v) is 12.2. The van der Waals surface area contributed by atoms with Gasteiger partial charge in [-0.05, 0) is 26.0 Å². The third-order valence-electron chi connectivity index (χ3n) is 3.28. The molecule has 0 amide bonds. The SMILES string of the molecule is CNCc1cc(S(=O)(=O)N(C)CC2CCCO2)c[nH]1. The van der Waals surface area contributed by atoms with Crippen molar-refractivity contribution in [2.75, 3.05) is 27.2 Å². The number of sulfonamides is 1. The molecule has 0 saturated carbocycles. The number of nitrogens with zero attached hydrogens (tertiary/aromatic N) is 1. The van der Waals surface area contributed by atoms with Crippen molar-refractivity contribution in [1.29, 1.82) is 0 Å². The van der Waals surface area contributed by atoms with Crippen molar-refractivity contribution in [3.8, 4) is 0 Å². The minimum Gasteiger partial charge on any atom is -0.377 e. The normalized spacial score (nSPS) is 20.3. The number of rotatable bonds is 6. The molecule has 1 saturated heterocycles. The zero-order chi connectivity index (χ0) is 13.9. The number of aromatic amines is 1. The van der Waals surface area contributed by atoms with Gasteiger partial charge in [0, 0.05) is 38.6 Å². The van der Waals surface area contributed by atoms with Crippen LogP contribution in [0, 0.1) is 0 Å². The standard InChI is InChI=1S/C12H21N3O3S/c1-13-7-10-6-12(8-14-10)19(16,17)15(2)9-11-4-3-5-18-11/h6,8,11,13-14H,3-5,7,9H2,1-2H3. The summed E-state index contributed by atoms with van der Waals surface area (Å²) >= 11 is 0. The lowest BCUT2D eigenvalue weighted by Gasteiger charge is -2.19. The Morgan fingerprint density at radius 3 is 3.00 bits per heavy atom. The van der Waals surface area contributed by atoms with E-state index in [1.54, 1.807) is 13.1 Å². The summed E-state index contributed by atoms with van der Waals surface area (Å²) < 4.78 is 31.6. The average molecular weight is 287 g/mol. The summed E-state index contributed by atoms with van der Waals surface area (Å²) in [6.07, 6.45) is 3.50. The van der Waals surface area contributed by atoms with Gasteiger partial charge in [0.2, 0.25) is 10.0 Å². The highest BCUT2D eigenvalue weighted by atomic mass is 32.2. The first-order valence-electron chi connectivity index (χ1n) is 6.44. The molecule has 1 aromatic rings. The van der Waals surface area contributed by atoms with Gasteiger partial charge < -0.3 is 15.0 Å². The van der Waals surface area contributed by atoms with E-state index in [1.807, 2.05) is 7.05 Å². The number of likely N-dealkylation sites (N-methyl/N-ethyl adjacent to an activating group) is 1. The van der Waals surface area contributed by atoms with Crippen LogP contribution in [0.3, 0.4) is 0 Å². The fourth-order valence-electron chi connectivity index (χ4n) is 2.21. The Balaban J connectivity index is 2.06. The first-order valence-corrected chi connectivity index (χ1v) is 7.88. The highest BCUT2D eigenvalue weighted by Gasteiger charge is 2.26. The van der Waals surface area contributed by atoms with Crippen LogP contribution in [-0.4, -0.2) is 51.1 Å². The van der Waals surface area contributed by atoms with Gasteiger partial charge >= 0.3 is 0 Å². The van der Waals surface area contributed by atoms with E-state index in [9.17, 15) is 8.42 Å². The maximum absolute atomic E-state index is 12.4. The topological polar surface area (TPSA) is 74.4 Å². The summed E-state index contributed by atoms with van der Waals surface area (Å²) in [5.74, 6) is 0. The van der Waals surface area contributed by atoms with Crippen molar-refractivity contribution in [1.82, 2.24) is 14.6 Å². The molecule has 0 aromatic carbocycles. The predicted octanol–water partition coefficient (Wildman–Crippen LogP) is 0.534. The molecule has 1 aromatic heterocycles. The molecular formula is C12H21N3O3S. The number of ether oxygens (including phenoxy) is 1. The van der Waals surface area contributed by atoms with Gasteiger partial charge in [-0.25, -0.2) is 8.42 Å². The lowest BCUT2D eigenvalue weighted by atomic mass is 10.2. The van der Waals surface area contributed by atoms with Crippen molar-refractivity contribution in [3.05, 3.63) is 18.0 Å². The summed E-state index contributed by atoms with van der Waals surface area (Å²) in [4.78, 5) is 3.27. The Morgan fingerprint density at radius 2 is 2.37 bits per heavy atom. The molecule has 1 aliphatic rings. The molecule has 1 aliphatic heterocycles. The van der Waals surface area contributed by atoms with Crippen LogP contribution in [0.15, 0.2) is 17.2 Å². The van der Waals surface area contributed by atoms with Crippen molar-refractivity contribution in [2.45, 2.75) is 30.4 Å². The molecule has 2 heterocycles. The third kappa shape index (κ3) is 3.36. The molecule has 2 N–H and O–H groups in total. The highest BCUT2D eigenvalue weighted by molar-refractivity contribution is 7.89. The van der Waals surface area contributed by atoms with Gasteiger partial charge in [0.15, 0.2) is 0 Å². The first kappa shape index (κ1) is 14.5. The van der Waals surface area contributed by atoms with Gasteiger partial charge in [0.05, 0.1) is 11.0 Å². The predicted molar refractivity (Wildman–Crippen MR) is 72.3 cm³/mol. The van der Waals surface area contributed by atoms with Gasteiger partial charge in [0.1, 0.15) is 0 Å². The second-order valence-corrected chi connectivity index (χ2v) is 6.86. The van der Waals surface area contributed by atoms with Gasteiger partial charge in [-0.15, -0.1) is 0 Å². The number of aromatic nitrogens is 1. The van der Waals surface area contributed by atoms with Crippen LogP contribution in [0.25, 0.3) is 0 Å². The largest absolute Gasteiger partial charge is 0.377 e. The van der Waals surface area contributed by atoms with E-state index in [2.05, 4.69) is 10.3 Å². The molecule has 1 unspecified atom stereocenters. The van der Waals surface area contributed by atoms with Crippen molar-refractivity contribution >= 4 is 10.0 Å². The number of hydrogen-bond donors (Lipinski definition) is 2. The molecule has 1 fully saturated rings. The molecule has 1 atom stereocenters. The number of nitrogens with one attached hydrogen (secondary N) is 2. The van der Waals surface area contributed by atoms with E-state index in [0.29, 0.717) is 18.0 Å². The molecule has 6 nitrogen and oxygen atoms in total. The van der Waals surface area contributed by atoms with Gasteiger partial charge in [-0.1, -0.05) is 0 Å². The summed E-state index contributed by atoms with van der Waals surface area (Å²) in [6, 6.07) is 1.66. The van der Waals surface area contributed by atoms with Crippen molar-refractivity contribution in [2.24, 2.45) is 0 Å². The van der Waals surface area contributed by atoms with E-state index in [0.717, 1.165) is 25.1 Å². The van der Waals surface area contributed by atoms with Crippen LogP contribution in [0.2, 0.25) is 0 Å². The zero-order valence-electron chi connectivity index (χ0n) is 11.3. The van der Waals surface area contributed by atoms with E-state index in [-0.39, 0.29) is 6.10 Å². The molecule has 2 rings (SSSR count). The summed E-state index contributed by atoms with van der Waals surface area (Å²) in [5.41, 5.74) is 0.853. The molecule has 0 radical (unpaired) electrons. The molecular weight excluding hydrogens is 266 g/mol. The Morgan fingerprint density at radius 1 is 1.58 bits per heavy atom. The van der Waals surface area contributed by atoms with Crippen LogP contribution in [0.4, 0.5) is 0 Å². The second kappa shape index (κ2) is 6.04. The van der Waals surface area contributed by atoms with E-state index < -0.39 is 10.0 Å². The van der Waals surface area contributed by atoms with Crippen LogP contribution >= 0.6 is 0 Å². The number of H-pyrrole nitrogens is 1. The van der Waals surface area contributed by atoms with Gasteiger partial charge in [-0.3, -0.25) is 0 Å². The Labute approximate surface area is 114 Å². The number of hydrogen-bond acceptors (Lipinski definition) is 4. The molecule has 7 heteroatoms. The fraction of sp³-hybridized carbons (Fsp3) is 0.667. The van der Waals surface area contributed by atoms with Crippen LogP contribution in [0.1, 0.15) is 18.5 Å². The lowest BCUT2D eigenvalue weighted by molar-refractivity contribution is 0.0979. The minimum atomic E-state index is -3.43. The van der Waals surface area contributed by atoms with E-state index in [1.165, 1.54) is 10.5 Å². The van der Waals surface area contributed by atoms with Crippen molar-refractivity contribution < 1.29 is 13.2 Å². The molecule has 0 aliphatic carbocycles. The molecule has 108 valence electrons. The average Bonchev–Trinajstić information content (AvgIpc) is 3.00. The maximum atomic E-state index is 12.4. The summed E-state index contributed by atoms with van der Waals surface area (Å²) in [6.45, 7) is 1.76. The van der Waals surface area contributed by atoms with Crippen LogP contribution in [0.5, 0.6) is 0 Å². The summed E-state index contributed by atoms with van der Waals surface area (Å²) in [5, 5.41) is 2.98. The van der Waals surface area contributed by atoms with Gasteiger partial charge in [-0.2, -0.15) is 4.31 Å². The van der Waals surface area contributed by atoms with E-state index >= 15 is 0 Å². The Bertz CT molecular complexity index is 506. The highest BCUT2D eigenvalue weighted by Crippen LogP contribution is 2.19. The molecule has 19 heavy (non-hydrogen) atoms. The molecule has 0 bridgehead atoms. The van der Waals surface area contributed by atoms with Gasteiger partial charge in [0.25, 0.3) is 0 Å². The molecule has 0 spiro atoms.